The van der Waals surface area contributed by atoms with Crippen molar-refractivity contribution in [1.82, 2.24) is 0 Å². The normalized spacial score (nSPS) is 12.1. The number of anilines is 1. The number of ether oxygens (including phenoxy) is 2. The number of benzene rings is 2. The van der Waals surface area contributed by atoms with Gasteiger partial charge in [0.05, 0.1) is 16.3 Å². The highest BCUT2D eigenvalue weighted by molar-refractivity contribution is 7.53. The van der Waals surface area contributed by atoms with E-state index >= 15 is 0 Å². The predicted molar refractivity (Wildman–Crippen MR) is 94.5 cm³/mol. The van der Waals surface area contributed by atoms with Crippen LogP contribution in [0.5, 0.6) is 17.2 Å². The lowest BCUT2D eigenvalue weighted by molar-refractivity contribution is -0.137. The number of hydrogen-bond donors (Lipinski definition) is 1. The smallest absolute Gasteiger partial charge is 0.416 e. The molecule has 0 atom stereocenters. The van der Waals surface area contributed by atoms with Gasteiger partial charge in [0.1, 0.15) is 17.2 Å². The zero-order valence-electron chi connectivity index (χ0n) is 14.2. The highest BCUT2D eigenvalue weighted by Crippen LogP contribution is 2.47. The van der Waals surface area contributed by atoms with Crippen molar-refractivity contribution in [3.05, 3.63) is 47.0 Å². The second-order valence-corrected chi connectivity index (χ2v) is 7.81. The number of nitrogen functional groups attached to an aromatic ring is 1. The van der Waals surface area contributed by atoms with E-state index in [1.165, 1.54) is 32.4 Å². The lowest BCUT2D eigenvalue weighted by Gasteiger charge is -2.16. The van der Waals surface area contributed by atoms with Crippen LogP contribution in [0.15, 0.2) is 36.4 Å². The third-order valence-corrected chi connectivity index (χ3v) is 5.26. The van der Waals surface area contributed by atoms with Gasteiger partial charge in [-0.15, -0.1) is 0 Å². The molecule has 0 saturated carbocycles. The summed E-state index contributed by atoms with van der Waals surface area (Å²) in [6.45, 7) is 0. The molecule has 6 nitrogen and oxygen atoms in total. The minimum absolute atomic E-state index is 0.0137. The van der Waals surface area contributed by atoms with Gasteiger partial charge in [0.25, 0.3) is 0 Å². The van der Waals surface area contributed by atoms with E-state index in [1.807, 2.05) is 0 Å². The Bertz CT molecular complexity index is 854. The summed E-state index contributed by atoms with van der Waals surface area (Å²) in [4.78, 5) is 0. The molecule has 0 fully saturated rings. The van der Waals surface area contributed by atoms with Crippen molar-refractivity contribution in [1.29, 1.82) is 0 Å². The van der Waals surface area contributed by atoms with Gasteiger partial charge >= 0.3 is 13.8 Å². The summed E-state index contributed by atoms with van der Waals surface area (Å²) >= 11 is 5.86. The Hall–Kier alpha value is -1.93. The Morgan fingerprint density at radius 2 is 1.74 bits per heavy atom. The van der Waals surface area contributed by atoms with E-state index in [0.717, 1.165) is 18.2 Å². The lowest BCUT2D eigenvalue weighted by atomic mass is 10.2. The third kappa shape index (κ3) is 5.52. The van der Waals surface area contributed by atoms with Crippen molar-refractivity contribution in [3.63, 3.8) is 0 Å². The van der Waals surface area contributed by atoms with Crippen LogP contribution in [-0.4, -0.2) is 20.6 Å². The molecule has 2 aromatic rings. The van der Waals surface area contributed by atoms with Crippen molar-refractivity contribution in [2.75, 3.05) is 26.3 Å². The first-order chi connectivity index (χ1) is 12.6. The fourth-order valence-electron chi connectivity index (χ4n) is 1.92. The summed E-state index contributed by atoms with van der Waals surface area (Å²) < 4.78 is 70.4. The van der Waals surface area contributed by atoms with Crippen LogP contribution < -0.4 is 15.2 Å². The summed E-state index contributed by atoms with van der Waals surface area (Å²) in [6, 6.07) is 7.02. The molecule has 2 N–H and O–H groups in total. The fourth-order valence-corrected chi connectivity index (χ4v) is 2.79. The maximum atomic E-state index is 12.7. The van der Waals surface area contributed by atoms with Crippen LogP contribution in [0.4, 0.5) is 18.9 Å². The molecule has 0 aliphatic rings. The first-order valence-electron chi connectivity index (χ1n) is 7.35. The molecular formula is C16H16ClF3NO5P. The Kier molecular flexibility index (Phi) is 6.64. The molecule has 0 heterocycles. The Morgan fingerprint density at radius 1 is 1.07 bits per heavy atom. The van der Waals surface area contributed by atoms with Gasteiger partial charge in [-0.1, -0.05) is 11.6 Å². The molecular weight excluding hydrogens is 410 g/mol. The van der Waals surface area contributed by atoms with Crippen molar-refractivity contribution >= 4 is 24.9 Å². The van der Waals surface area contributed by atoms with Crippen LogP contribution in [0.1, 0.15) is 5.56 Å². The Labute approximate surface area is 158 Å². The van der Waals surface area contributed by atoms with Crippen molar-refractivity contribution < 1.29 is 36.3 Å². The third-order valence-electron chi connectivity index (χ3n) is 3.41. The largest absolute Gasteiger partial charge is 0.479 e. The number of nitrogens with two attached hydrogens (primary N) is 1. The van der Waals surface area contributed by atoms with E-state index in [1.54, 1.807) is 0 Å². The molecule has 0 aliphatic heterocycles. The van der Waals surface area contributed by atoms with Gasteiger partial charge in [-0.25, -0.2) is 0 Å². The number of alkyl halides is 3. The molecule has 11 heteroatoms. The molecule has 0 unspecified atom stereocenters. The quantitative estimate of drug-likeness (QED) is 0.462. The topological polar surface area (TPSA) is 80.0 Å². The molecule has 0 amide bonds. The van der Waals surface area contributed by atoms with E-state index in [2.05, 4.69) is 0 Å². The molecule has 0 aliphatic carbocycles. The molecule has 2 rings (SSSR count). The minimum atomic E-state index is -4.51. The highest BCUT2D eigenvalue weighted by Gasteiger charge is 2.31. The first-order valence-corrected chi connectivity index (χ1v) is 9.46. The molecule has 0 aromatic heterocycles. The van der Waals surface area contributed by atoms with Crippen molar-refractivity contribution in [2.45, 2.75) is 6.18 Å². The van der Waals surface area contributed by atoms with E-state index in [4.69, 9.17) is 35.9 Å². The molecule has 0 spiro atoms. The molecule has 148 valence electrons. The zero-order valence-corrected chi connectivity index (χ0v) is 15.9. The molecule has 0 radical (unpaired) electrons. The average Bonchev–Trinajstić information content (AvgIpc) is 2.62. The number of hydrogen-bond acceptors (Lipinski definition) is 6. The highest BCUT2D eigenvalue weighted by atomic mass is 35.5. The number of halogens is 4. The second kappa shape index (κ2) is 8.39. The molecule has 0 saturated heterocycles. The predicted octanol–water partition coefficient (Wildman–Crippen LogP) is 5.56. The minimum Gasteiger partial charge on any atom is -0.479 e. The first kappa shape index (κ1) is 21.4. The summed E-state index contributed by atoms with van der Waals surface area (Å²) in [6.07, 6.45) is -4.91. The van der Waals surface area contributed by atoms with E-state index < -0.39 is 25.7 Å². The molecule has 27 heavy (non-hydrogen) atoms. The zero-order chi connectivity index (χ0) is 20.2. The standard InChI is InChI=1S/C16H16ClF3NO5P/c1-23-27(22,24-2)9-25-15-8-11(4-5-13(15)21)26-14-6-3-10(7-12(14)17)16(18,19)20/h3-8H,9,21H2,1-2H3. The number of rotatable bonds is 7. The van der Waals surface area contributed by atoms with Gasteiger partial charge < -0.3 is 24.3 Å². The second-order valence-electron chi connectivity index (χ2n) is 5.19. The monoisotopic (exact) mass is 425 g/mol. The Morgan fingerprint density at radius 3 is 2.30 bits per heavy atom. The van der Waals surface area contributed by atoms with Crippen LogP contribution in [0.2, 0.25) is 5.02 Å². The van der Waals surface area contributed by atoms with E-state index in [9.17, 15) is 17.7 Å². The molecule has 2 aromatic carbocycles. The maximum Gasteiger partial charge on any atom is 0.416 e. The average molecular weight is 426 g/mol. The van der Waals surface area contributed by atoms with E-state index in [0.29, 0.717) is 0 Å². The van der Waals surface area contributed by atoms with Gasteiger partial charge in [0.2, 0.25) is 0 Å². The Balaban J connectivity index is 2.20. The van der Waals surface area contributed by atoms with Gasteiger partial charge in [0.15, 0.2) is 6.35 Å². The maximum absolute atomic E-state index is 12.7. The van der Waals surface area contributed by atoms with Crippen molar-refractivity contribution in [3.8, 4) is 17.2 Å². The van der Waals surface area contributed by atoms with E-state index in [-0.39, 0.29) is 28.0 Å². The van der Waals surface area contributed by atoms with Crippen LogP contribution in [0, 0.1) is 0 Å². The van der Waals surface area contributed by atoms with Crippen LogP contribution >= 0.6 is 19.2 Å². The van der Waals surface area contributed by atoms with Gasteiger partial charge in [-0.05, 0) is 30.3 Å². The van der Waals surface area contributed by atoms with Gasteiger partial charge in [-0.3, -0.25) is 4.57 Å². The summed E-state index contributed by atoms with van der Waals surface area (Å²) in [5, 5.41) is -0.215. The summed E-state index contributed by atoms with van der Waals surface area (Å²) in [5.74, 6) is 0.343. The van der Waals surface area contributed by atoms with Crippen LogP contribution in [0.25, 0.3) is 0 Å². The van der Waals surface area contributed by atoms with Crippen LogP contribution in [-0.2, 0) is 19.8 Å². The molecule has 0 bridgehead atoms. The van der Waals surface area contributed by atoms with Crippen LogP contribution in [0.3, 0.4) is 0 Å². The fraction of sp³-hybridized carbons (Fsp3) is 0.250. The van der Waals surface area contributed by atoms with Gasteiger partial charge in [-0.2, -0.15) is 13.2 Å². The summed E-state index contributed by atoms with van der Waals surface area (Å²) in [7, 11) is -1.00. The SMILES string of the molecule is COP(=O)(COc1cc(Oc2ccc(C(F)(F)F)cc2Cl)ccc1N)OC. The van der Waals surface area contributed by atoms with Crippen molar-refractivity contribution in [2.24, 2.45) is 0 Å². The van der Waals surface area contributed by atoms with Gasteiger partial charge in [0, 0.05) is 20.3 Å². The lowest BCUT2D eigenvalue weighted by Crippen LogP contribution is -2.05. The summed E-state index contributed by atoms with van der Waals surface area (Å²) in [5.41, 5.74) is 5.12.